The number of carbonyl (C=O) groups excluding carboxylic acids is 1. The molecule has 1 rings (SSSR count). The third-order valence-corrected chi connectivity index (χ3v) is 3.17. The van der Waals surface area contributed by atoms with E-state index in [0.717, 1.165) is 0 Å². The number of rotatable bonds is 3. The highest BCUT2D eigenvalue weighted by Crippen LogP contribution is 2.32. The van der Waals surface area contributed by atoms with Crippen LogP contribution in [0.4, 0.5) is 0 Å². The fourth-order valence-corrected chi connectivity index (χ4v) is 2.03. The first-order valence-corrected chi connectivity index (χ1v) is 5.44. The summed E-state index contributed by atoms with van der Waals surface area (Å²) in [6.45, 7) is 1.66. The van der Waals surface area contributed by atoms with Gasteiger partial charge in [-0.05, 0) is 6.42 Å². The predicted octanol–water partition coefficient (Wildman–Crippen LogP) is -3.10. The Bertz CT molecular complexity index is 276. The molecule has 1 aliphatic carbocycles. The maximum Gasteiger partial charge on any atom is 0.179 e. The average Bonchev–Trinajstić information content (AvgIpc) is 2.31. The van der Waals surface area contributed by atoms with Gasteiger partial charge in [-0.25, -0.2) is 0 Å². The van der Waals surface area contributed by atoms with E-state index < -0.39 is 41.9 Å². The molecule has 0 bridgehead atoms. The second-order valence-electron chi connectivity index (χ2n) is 4.36. The monoisotopic (exact) mass is 250 g/mol. The molecular weight excluding hydrogens is 232 g/mol. The van der Waals surface area contributed by atoms with Crippen LogP contribution in [0.5, 0.6) is 0 Å². The van der Waals surface area contributed by atoms with Crippen LogP contribution in [0.1, 0.15) is 19.8 Å². The van der Waals surface area contributed by atoms with Crippen molar-refractivity contribution in [3.63, 3.8) is 0 Å². The molecule has 6 atom stereocenters. The lowest BCUT2D eigenvalue weighted by molar-refractivity contribution is -0.259. The summed E-state index contributed by atoms with van der Waals surface area (Å²) in [6.07, 6.45) is -9.48. The normalized spacial score (nSPS) is 46.9. The Morgan fingerprint density at radius 3 is 1.76 bits per heavy atom. The van der Waals surface area contributed by atoms with Crippen molar-refractivity contribution in [1.29, 1.82) is 0 Å². The molecule has 7 heteroatoms. The molecule has 7 nitrogen and oxygen atoms in total. The van der Waals surface area contributed by atoms with E-state index in [-0.39, 0.29) is 6.42 Å². The first-order valence-electron chi connectivity index (χ1n) is 5.44. The van der Waals surface area contributed by atoms with Gasteiger partial charge in [-0.15, -0.1) is 0 Å². The molecule has 0 spiro atoms. The molecule has 0 heterocycles. The Labute approximate surface area is 97.9 Å². The van der Waals surface area contributed by atoms with E-state index in [2.05, 4.69) is 0 Å². The van der Waals surface area contributed by atoms with Gasteiger partial charge in [-0.1, -0.05) is 6.92 Å². The van der Waals surface area contributed by atoms with Gasteiger partial charge in [-0.2, -0.15) is 0 Å². The molecule has 0 aliphatic heterocycles. The molecule has 0 aromatic heterocycles. The summed E-state index contributed by atoms with van der Waals surface area (Å²) in [5.41, 5.74) is -2.66. The summed E-state index contributed by atoms with van der Waals surface area (Å²) in [4.78, 5) is 11.7. The van der Waals surface area contributed by atoms with Crippen molar-refractivity contribution in [3.8, 4) is 0 Å². The topological polar surface area (TPSA) is 138 Å². The predicted molar refractivity (Wildman–Crippen MR) is 54.9 cm³/mol. The van der Waals surface area contributed by atoms with Crippen LogP contribution in [-0.4, -0.2) is 72.5 Å². The molecule has 0 amide bonds. The van der Waals surface area contributed by atoms with E-state index in [1.807, 2.05) is 0 Å². The third-order valence-electron chi connectivity index (χ3n) is 3.17. The Balaban J connectivity index is 3.07. The van der Waals surface area contributed by atoms with E-state index in [1.165, 1.54) is 0 Å². The highest BCUT2D eigenvalue weighted by Gasteiger charge is 2.60. The summed E-state index contributed by atoms with van der Waals surface area (Å²) < 4.78 is 0. The van der Waals surface area contributed by atoms with Crippen LogP contribution >= 0.6 is 0 Å². The van der Waals surface area contributed by atoms with Gasteiger partial charge in [0.05, 0.1) is 0 Å². The van der Waals surface area contributed by atoms with E-state index in [4.69, 9.17) is 0 Å². The zero-order valence-corrected chi connectivity index (χ0v) is 9.39. The van der Waals surface area contributed by atoms with Crippen molar-refractivity contribution >= 4 is 5.78 Å². The lowest BCUT2D eigenvalue weighted by Crippen LogP contribution is -2.73. The van der Waals surface area contributed by atoms with Crippen LogP contribution in [0.2, 0.25) is 0 Å². The van der Waals surface area contributed by atoms with Crippen molar-refractivity contribution < 1.29 is 35.4 Å². The Hall–Kier alpha value is -0.570. The van der Waals surface area contributed by atoms with Gasteiger partial charge in [0, 0.05) is 6.42 Å². The van der Waals surface area contributed by atoms with Crippen molar-refractivity contribution in [2.75, 3.05) is 0 Å². The van der Waals surface area contributed by atoms with Gasteiger partial charge in [0.2, 0.25) is 0 Å². The summed E-state index contributed by atoms with van der Waals surface area (Å²) in [5.74, 6) is -0.884. The van der Waals surface area contributed by atoms with Crippen LogP contribution < -0.4 is 0 Å². The van der Waals surface area contributed by atoms with E-state index in [0.29, 0.717) is 6.42 Å². The number of aliphatic hydroxyl groups excluding tert-OH is 5. The number of Topliss-reactive ketones (excluding diaryl/α,β-unsaturated/α-hetero) is 1. The zero-order valence-electron chi connectivity index (χ0n) is 9.39. The average molecular weight is 250 g/mol. The number of hydrogen-bond donors (Lipinski definition) is 6. The minimum absolute atomic E-state index is 0.125. The Kier molecular flexibility index (Phi) is 4.23. The van der Waals surface area contributed by atoms with Crippen LogP contribution in [0, 0.1) is 0 Å². The number of carbonyl (C=O) groups is 1. The molecule has 1 fully saturated rings. The lowest BCUT2D eigenvalue weighted by atomic mass is 9.72. The second kappa shape index (κ2) is 4.97. The fraction of sp³-hybridized carbons (Fsp3) is 0.900. The molecule has 17 heavy (non-hydrogen) atoms. The molecule has 1 saturated carbocycles. The van der Waals surface area contributed by atoms with E-state index in [1.54, 1.807) is 6.92 Å². The van der Waals surface area contributed by atoms with Crippen LogP contribution in [0.15, 0.2) is 0 Å². The van der Waals surface area contributed by atoms with Gasteiger partial charge >= 0.3 is 0 Å². The molecule has 6 N–H and O–H groups in total. The van der Waals surface area contributed by atoms with Crippen LogP contribution in [0.3, 0.4) is 0 Å². The lowest BCUT2D eigenvalue weighted by Gasteiger charge is -2.46. The highest BCUT2D eigenvalue weighted by molar-refractivity contribution is 5.89. The second-order valence-corrected chi connectivity index (χ2v) is 4.36. The van der Waals surface area contributed by atoms with Crippen LogP contribution in [-0.2, 0) is 4.79 Å². The van der Waals surface area contributed by atoms with Crippen molar-refractivity contribution in [2.24, 2.45) is 0 Å². The van der Waals surface area contributed by atoms with Gasteiger partial charge in [0.25, 0.3) is 0 Å². The Morgan fingerprint density at radius 1 is 1.00 bits per heavy atom. The fourth-order valence-electron chi connectivity index (χ4n) is 2.03. The molecule has 2 unspecified atom stereocenters. The van der Waals surface area contributed by atoms with Crippen LogP contribution in [0.25, 0.3) is 0 Å². The SMILES string of the molecule is CCCC(=O)C1(O)[C@H](O)[C@H](O)C(O)[C@H](O)[C@H]1O. The standard InChI is InChI=1S/C10H18O7/c1-2-3-4(11)10(17)8(15)6(13)5(12)7(14)9(10)16/h5-9,12-17H,2-3H2,1H3/t5?,6-,7+,8-,9-,10?/m1/s1. The molecule has 0 aromatic carbocycles. The summed E-state index contributed by atoms with van der Waals surface area (Å²) in [7, 11) is 0. The number of ketones is 1. The third kappa shape index (κ3) is 2.10. The van der Waals surface area contributed by atoms with Gasteiger partial charge in [0.1, 0.15) is 30.5 Å². The van der Waals surface area contributed by atoms with Gasteiger partial charge < -0.3 is 30.6 Å². The van der Waals surface area contributed by atoms with Crippen molar-refractivity contribution in [2.45, 2.75) is 55.9 Å². The van der Waals surface area contributed by atoms with E-state index in [9.17, 15) is 35.4 Å². The maximum atomic E-state index is 11.7. The number of aliphatic hydroxyl groups is 6. The Morgan fingerprint density at radius 2 is 1.41 bits per heavy atom. The molecular formula is C10H18O7. The largest absolute Gasteiger partial charge is 0.387 e. The minimum atomic E-state index is -2.66. The minimum Gasteiger partial charge on any atom is -0.387 e. The first kappa shape index (κ1) is 14.5. The summed E-state index contributed by atoms with van der Waals surface area (Å²) in [6, 6.07) is 0. The summed E-state index contributed by atoms with van der Waals surface area (Å²) in [5, 5.41) is 57.3. The smallest absolute Gasteiger partial charge is 0.179 e. The van der Waals surface area contributed by atoms with Gasteiger partial charge in [0.15, 0.2) is 11.4 Å². The zero-order chi connectivity index (χ0) is 13.4. The first-order chi connectivity index (χ1) is 7.78. The maximum absolute atomic E-state index is 11.7. The molecule has 0 radical (unpaired) electrons. The molecule has 1 aliphatic rings. The van der Waals surface area contributed by atoms with E-state index >= 15 is 0 Å². The molecule has 0 saturated heterocycles. The summed E-state index contributed by atoms with van der Waals surface area (Å²) >= 11 is 0. The van der Waals surface area contributed by atoms with Gasteiger partial charge in [-0.3, -0.25) is 4.79 Å². The van der Waals surface area contributed by atoms with Crippen molar-refractivity contribution in [3.05, 3.63) is 0 Å². The van der Waals surface area contributed by atoms with Crippen molar-refractivity contribution in [1.82, 2.24) is 0 Å². The molecule has 100 valence electrons. The number of hydrogen-bond acceptors (Lipinski definition) is 7. The highest BCUT2D eigenvalue weighted by atomic mass is 16.4. The molecule has 0 aromatic rings. The quantitative estimate of drug-likeness (QED) is 0.312.